The van der Waals surface area contributed by atoms with Gasteiger partial charge in [0.05, 0.1) is 32.6 Å². The number of nitrogens with one attached hydrogen (secondary N) is 1. The van der Waals surface area contributed by atoms with Crippen LogP contribution in [0.15, 0.2) is 23.1 Å². The molecule has 0 atom stereocenters. The molecule has 146 valence electrons. The Labute approximate surface area is 153 Å². The van der Waals surface area contributed by atoms with E-state index in [2.05, 4.69) is 9.46 Å². The molecular weight excluding hydrogens is 364 g/mol. The van der Waals surface area contributed by atoms with Crippen LogP contribution in [0.4, 0.5) is 0 Å². The van der Waals surface area contributed by atoms with E-state index >= 15 is 0 Å². The minimum atomic E-state index is -3.80. The maximum Gasteiger partial charge on any atom is 0.307 e. The van der Waals surface area contributed by atoms with E-state index in [1.54, 1.807) is 0 Å². The lowest BCUT2D eigenvalue weighted by atomic mass is 10.3. The molecule has 10 heteroatoms. The van der Waals surface area contributed by atoms with Crippen molar-refractivity contribution in [2.45, 2.75) is 17.7 Å². The highest BCUT2D eigenvalue weighted by Gasteiger charge is 2.18. The van der Waals surface area contributed by atoms with Crippen LogP contribution in [-0.2, 0) is 24.3 Å². The van der Waals surface area contributed by atoms with Gasteiger partial charge in [0.1, 0.15) is 0 Å². The normalized spacial score (nSPS) is 10.9. The minimum Gasteiger partial charge on any atom is -0.493 e. The Hall–Kier alpha value is -2.33. The number of sulfonamides is 1. The van der Waals surface area contributed by atoms with Gasteiger partial charge in [-0.3, -0.25) is 9.59 Å². The first-order valence-corrected chi connectivity index (χ1v) is 9.26. The first-order chi connectivity index (χ1) is 12.2. The van der Waals surface area contributed by atoms with Gasteiger partial charge in [0.2, 0.25) is 15.9 Å². The van der Waals surface area contributed by atoms with Crippen LogP contribution in [0.25, 0.3) is 0 Å². The summed E-state index contributed by atoms with van der Waals surface area (Å²) in [5.74, 6) is -0.00873. The van der Waals surface area contributed by atoms with Crippen LogP contribution >= 0.6 is 0 Å². The zero-order chi connectivity index (χ0) is 19.7. The van der Waals surface area contributed by atoms with Crippen LogP contribution in [-0.4, -0.2) is 66.7 Å². The Bertz CT molecular complexity index is 734. The van der Waals surface area contributed by atoms with Gasteiger partial charge in [-0.1, -0.05) is 0 Å². The smallest absolute Gasteiger partial charge is 0.307 e. The molecule has 0 aliphatic rings. The maximum absolute atomic E-state index is 12.3. The Morgan fingerprint density at radius 2 is 1.73 bits per heavy atom. The molecule has 0 aromatic heterocycles. The van der Waals surface area contributed by atoms with E-state index in [9.17, 15) is 18.0 Å². The van der Waals surface area contributed by atoms with Crippen molar-refractivity contribution in [2.75, 3.05) is 41.5 Å². The van der Waals surface area contributed by atoms with Crippen molar-refractivity contribution < 1.29 is 32.2 Å². The van der Waals surface area contributed by atoms with Crippen LogP contribution in [0.3, 0.4) is 0 Å². The highest BCUT2D eigenvalue weighted by molar-refractivity contribution is 7.89. The van der Waals surface area contributed by atoms with Gasteiger partial charge >= 0.3 is 5.97 Å². The van der Waals surface area contributed by atoms with Gasteiger partial charge in [0.25, 0.3) is 0 Å². The van der Waals surface area contributed by atoms with Gasteiger partial charge in [0, 0.05) is 32.6 Å². The molecule has 0 saturated carbocycles. The molecule has 1 rings (SSSR count). The maximum atomic E-state index is 12.3. The molecule has 9 nitrogen and oxygen atoms in total. The van der Waals surface area contributed by atoms with E-state index in [1.165, 1.54) is 51.5 Å². The fraction of sp³-hybridized carbons (Fsp3) is 0.500. The van der Waals surface area contributed by atoms with E-state index in [4.69, 9.17) is 9.47 Å². The molecule has 1 aromatic carbocycles. The summed E-state index contributed by atoms with van der Waals surface area (Å²) in [5, 5.41) is 0. The zero-order valence-electron chi connectivity index (χ0n) is 15.3. The number of methoxy groups -OCH3 is 3. The lowest BCUT2D eigenvalue weighted by Gasteiger charge is -2.16. The summed E-state index contributed by atoms with van der Waals surface area (Å²) in [7, 11) is 1.87. The number of carbonyl (C=O) groups is 2. The van der Waals surface area contributed by atoms with Gasteiger partial charge < -0.3 is 19.1 Å². The fourth-order valence-electron chi connectivity index (χ4n) is 2.04. The average Bonchev–Trinajstić information content (AvgIpc) is 2.64. The summed E-state index contributed by atoms with van der Waals surface area (Å²) in [6.45, 7) is 0.131. The summed E-state index contributed by atoms with van der Waals surface area (Å²) in [6.07, 6.45) is 0.0420. The number of benzene rings is 1. The van der Waals surface area contributed by atoms with Crippen LogP contribution in [0, 0.1) is 0 Å². The number of hydrogen-bond acceptors (Lipinski definition) is 7. The average molecular weight is 388 g/mol. The van der Waals surface area contributed by atoms with Gasteiger partial charge in [-0.15, -0.1) is 0 Å². The first kappa shape index (κ1) is 21.7. The Morgan fingerprint density at radius 1 is 1.08 bits per heavy atom. The summed E-state index contributed by atoms with van der Waals surface area (Å²) < 4.78 is 41.6. The van der Waals surface area contributed by atoms with Crippen LogP contribution in [0.2, 0.25) is 0 Å². The van der Waals surface area contributed by atoms with Crippen LogP contribution in [0.1, 0.15) is 12.8 Å². The predicted octanol–water partition coefficient (Wildman–Crippen LogP) is 0.394. The molecular formula is C16H24N2O7S. The van der Waals surface area contributed by atoms with E-state index in [0.29, 0.717) is 5.75 Å². The number of esters is 1. The molecule has 0 fully saturated rings. The molecule has 1 amide bonds. The standard InChI is InChI=1S/C16H24N2O7S/c1-18(10-8-16(20)25-4)15(19)7-9-17-26(21,22)12-5-6-13(23-2)14(11-12)24-3/h5-6,11,17H,7-10H2,1-4H3. The van der Waals surface area contributed by atoms with Crippen molar-refractivity contribution in [1.82, 2.24) is 9.62 Å². The van der Waals surface area contributed by atoms with Crippen molar-refractivity contribution in [3.05, 3.63) is 18.2 Å². The minimum absolute atomic E-state index is 0.00152. The molecule has 0 aliphatic heterocycles. The van der Waals surface area contributed by atoms with E-state index < -0.39 is 16.0 Å². The summed E-state index contributed by atoms with van der Waals surface area (Å²) in [5.41, 5.74) is 0. The molecule has 1 aromatic rings. The lowest BCUT2D eigenvalue weighted by molar-refractivity contribution is -0.141. The highest BCUT2D eigenvalue weighted by Crippen LogP contribution is 2.29. The van der Waals surface area contributed by atoms with Crippen molar-refractivity contribution >= 4 is 21.9 Å². The van der Waals surface area contributed by atoms with Gasteiger partial charge in [0.15, 0.2) is 11.5 Å². The molecule has 26 heavy (non-hydrogen) atoms. The Kier molecular flexibility index (Phi) is 8.33. The second kappa shape index (κ2) is 9.97. The van der Waals surface area contributed by atoms with E-state index in [1.807, 2.05) is 0 Å². The van der Waals surface area contributed by atoms with Crippen LogP contribution in [0.5, 0.6) is 11.5 Å². The SMILES string of the molecule is COC(=O)CCN(C)C(=O)CCNS(=O)(=O)c1ccc(OC)c(OC)c1. The molecule has 0 radical (unpaired) electrons. The quantitative estimate of drug-likeness (QED) is 0.577. The lowest BCUT2D eigenvalue weighted by Crippen LogP contribution is -2.33. The fourth-order valence-corrected chi connectivity index (χ4v) is 3.08. The zero-order valence-corrected chi connectivity index (χ0v) is 16.1. The number of hydrogen-bond donors (Lipinski definition) is 1. The van der Waals surface area contributed by atoms with Gasteiger partial charge in [-0.25, -0.2) is 13.1 Å². The monoisotopic (exact) mass is 388 g/mol. The molecule has 0 spiro atoms. The number of amides is 1. The summed E-state index contributed by atoms with van der Waals surface area (Å²) in [4.78, 5) is 24.4. The molecule has 0 heterocycles. The van der Waals surface area contributed by atoms with E-state index in [0.717, 1.165) is 0 Å². The molecule has 0 bridgehead atoms. The van der Waals surface area contributed by atoms with Crippen LogP contribution < -0.4 is 14.2 Å². The third-order valence-corrected chi connectivity index (χ3v) is 5.06. The molecule has 0 unspecified atom stereocenters. The number of nitrogens with zero attached hydrogens (tertiary/aromatic N) is 1. The molecule has 0 saturated heterocycles. The Balaban J connectivity index is 2.60. The second-order valence-corrected chi connectivity index (χ2v) is 7.07. The summed E-state index contributed by atoms with van der Waals surface area (Å²) >= 11 is 0. The van der Waals surface area contributed by atoms with Crippen molar-refractivity contribution in [1.29, 1.82) is 0 Å². The number of ether oxygens (including phenoxy) is 3. The molecule has 1 N–H and O–H groups in total. The third kappa shape index (κ3) is 6.19. The van der Waals surface area contributed by atoms with Gasteiger partial charge in [-0.2, -0.15) is 0 Å². The summed E-state index contributed by atoms with van der Waals surface area (Å²) in [6, 6.07) is 4.21. The molecule has 0 aliphatic carbocycles. The Morgan fingerprint density at radius 3 is 2.31 bits per heavy atom. The second-order valence-electron chi connectivity index (χ2n) is 5.31. The topological polar surface area (TPSA) is 111 Å². The van der Waals surface area contributed by atoms with Crippen molar-refractivity contribution in [2.24, 2.45) is 0 Å². The third-order valence-electron chi connectivity index (χ3n) is 3.60. The highest BCUT2D eigenvalue weighted by atomic mass is 32.2. The largest absolute Gasteiger partial charge is 0.493 e. The number of rotatable bonds is 10. The van der Waals surface area contributed by atoms with Crippen molar-refractivity contribution in [3.8, 4) is 11.5 Å². The first-order valence-electron chi connectivity index (χ1n) is 7.77. The predicted molar refractivity (Wildman–Crippen MR) is 93.6 cm³/mol. The van der Waals surface area contributed by atoms with Crippen molar-refractivity contribution in [3.63, 3.8) is 0 Å². The van der Waals surface area contributed by atoms with Gasteiger partial charge in [-0.05, 0) is 12.1 Å². The number of carbonyl (C=O) groups excluding carboxylic acids is 2. The van der Waals surface area contributed by atoms with E-state index in [-0.39, 0.29) is 42.5 Å².